The maximum absolute atomic E-state index is 5.73. The van der Waals surface area contributed by atoms with E-state index < -0.39 is 0 Å². The molecule has 1 saturated carbocycles. The monoisotopic (exact) mass is 248 g/mol. The molecule has 0 spiro atoms. The van der Waals surface area contributed by atoms with E-state index in [4.69, 9.17) is 4.74 Å². The zero-order valence-corrected chi connectivity index (χ0v) is 12.3. The van der Waals surface area contributed by atoms with Gasteiger partial charge in [0.05, 0.1) is 6.61 Å². The zero-order valence-electron chi connectivity index (χ0n) is 12.3. The average Bonchev–Trinajstić information content (AvgIpc) is 2.35. The zero-order chi connectivity index (χ0) is 13.2. The summed E-state index contributed by atoms with van der Waals surface area (Å²) in [5.74, 6) is 1.42. The summed E-state index contributed by atoms with van der Waals surface area (Å²) in [7, 11) is 0. The van der Waals surface area contributed by atoms with Gasteiger partial charge in [-0.25, -0.2) is 0 Å². The van der Waals surface area contributed by atoms with E-state index in [2.05, 4.69) is 33.4 Å². The van der Waals surface area contributed by atoms with Gasteiger partial charge in [-0.2, -0.15) is 0 Å². The predicted octanol–water partition coefficient (Wildman–Crippen LogP) is 4.74. The van der Waals surface area contributed by atoms with Crippen molar-refractivity contribution in [2.24, 2.45) is 17.3 Å². The SMILES string of the molecule is C=C(C)C1CCC2=CCCC(COCC)C2(C)C1. The van der Waals surface area contributed by atoms with E-state index in [1.54, 1.807) is 5.57 Å². The summed E-state index contributed by atoms with van der Waals surface area (Å²) in [6.45, 7) is 12.7. The van der Waals surface area contributed by atoms with Crippen LogP contribution in [-0.4, -0.2) is 13.2 Å². The van der Waals surface area contributed by atoms with Gasteiger partial charge in [0.2, 0.25) is 0 Å². The van der Waals surface area contributed by atoms with Crippen LogP contribution in [0.4, 0.5) is 0 Å². The summed E-state index contributed by atoms with van der Waals surface area (Å²) in [6, 6.07) is 0. The molecular formula is C17H28O. The van der Waals surface area contributed by atoms with Crippen molar-refractivity contribution in [2.45, 2.75) is 52.9 Å². The first-order valence-electron chi connectivity index (χ1n) is 7.50. The first-order chi connectivity index (χ1) is 8.58. The van der Waals surface area contributed by atoms with Gasteiger partial charge in [0.25, 0.3) is 0 Å². The van der Waals surface area contributed by atoms with Crippen molar-refractivity contribution in [3.05, 3.63) is 23.8 Å². The third kappa shape index (κ3) is 2.56. The Morgan fingerprint density at radius 1 is 1.50 bits per heavy atom. The van der Waals surface area contributed by atoms with Gasteiger partial charge in [-0.15, -0.1) is 0 Å². The Kier molecular flexibility index (Phi) is 4.32. The lowest BCUT2D eigenvalue weighted by molar-refractivity contribution is 0.0350. The minimum absolute atomic E-state index is 0.370. The molecule has 0 heterocycles. The lowest BCUT2D eigenvalue weighted by Crippen LogP contribution is -2.40. The standard InChI is InChI=1S/C17H28O/c1-5-18-12-16-8-6-7-15-10-9-14(13(2)3)11-17(15,16)4/h7,14,16H,2,5-6,8-12H2,1,3-4H3. The Morgan fingerprint density at radius 3 is 2.94 bits per heavy atom. The van der Waals surface area contributed by atoms with Gasteiger partial charge in [0, 0.05) is 6.61 Å². The van der Waals surface area contributed by atoms with Crippen molar-refractivity contribution >= 4 is 0 Å². The third-order valence-corrected chi connectivity index (χ3v) is 5.19. The molecule has 0 aromatic rings. The normalized spacial score (nSPS) is 35.8. The summed E-state index contributed by atoms with van der Waals surface area (Å²) < 4.78 is 5.73. The second kappa shape index (κ2) is 5.61. The molecule has 0 aromatic carbocycles. The molecule has 1 fully saturated rings. The molecule has 2 aliphatic rings. The Morgan fingerprint density at radius 2 is 2.28 bits per heavy atom. The van der Waals surface area contributed by atoms with Gasteiger partial charge in [-0.3, -0.25) is 0 Å². The van der Waals surface area contributed by atoms with Gasteiger partial charge >= 0.3 is 0 Å². The fraction of sp³-hybridized carbons (Fsp3) is 0.765. The molecule has 0 saturated heterocycles. The molecular weight excluding hydrogens is 220 g/mol. The molecule has 2 rings (SSSR count). The summed E-state index contributed by atoms with van der Waals surface area (Å²) in [5.41, 5.74) is 3.45. The largest absolute Gasteiger partial charge is 0.381 e. The third-order valence-electron chi connectivity index (χ3n) is 5.19. The number of ether oxygens (including phenoxy) is 1. The van der Waals surface area contributed by atoms with Crippen LogP contribution in [0.2, 0.25) is 0 Å². The molecule has 2 aliphatic carbocycles. The van der Waals surface area contributed by atoms with E-state index in [-0.39, 0.29) is 0 Å². The molecule has 18 heavy (non-hydrogen) atoms. The molecule has 0 N–H and O–H groups in total. The first kappa shape index (κ1) is 13.9. The Labute approximate surface area is 112 Å². The smallest absolute Gasteiger partial charge is 0.0502 e. The van der Waals surface area contributed by atoms with E-state index in [0.717, 1.165) is 19.1 Å². The number of allylic oxidation sites excluding steroid dienone is 3. The minimum Gasteiger partial charge on any atom is -0.381 e. The first-order valence-corrected chi connectivity index (χ1v) is 7.50. The van der Waals surface area contributed by atoms with E-state index >= 15 is 0 Å². The average molecular weight is 248 g/mol. The summed E-state index contributed by atoms with van der Waals surface area (Å²) in [5, 5.41) is 0. The Balaban J connectivity index is 2.15. The van der Waals surface area contributed by atoms with E-state index in [9.17, 15) is 0 Å². The maximum atomic E-state index is 5.73. The number of rotatable bonds is 4. The summed E-state index contributed by atoms with van der Waals surface area (Å²) >= 11 is 0. The molecule has 0 radical (unpaired) electrons. The van der Waals surface area contributed by atoms with Gasteiger partial charge in [0.1, 0.15) is 0 Å². The van der Waals surface area contributed by atoms with Crippen LogP contribution >= 0.6 is 0 Å². The second-order valence-electron chi connectivity index (χ2n) is 6.37. The predicted molar refractivity (Wildman–Crippen MR) is 77.6 cm³/mol. The van der Waals surface area contributed by atoms with Crippen LogP contribution in [-0.2, 0) is 4.74 Å². The van der Waals surface area contributed by atoms with Gasteiger partial charge < -0.3 is 4.74 Å². The highest BCUT2D eigenvalue weighted by molar-refractivity contribution is 5.23. The van der Waals surface area contributed by atoms with E-state index in [0.29, 0.717) is 11.3 Å². The van der Waals surface area contributed by atoms with Gasteiger partial charge in [-0.1, -0.05) is 30.7 Å². The van der Waals surface area contributed by atoms with Crippen LogP contribution in [0.3, 0.4) is 0 Å². The highest BCUT2D eigenvalue weighted by atomic mass is 16.5. The van der Waals surface area contributed by atoms with Crippen molar-refractivity contribution in [3.63, 3.8) is 0 Å². The topological polar surface area (TPSA) is 9.23 Å². The highest BCUT2D eigenvalue weighted by Crippen LogP contribution is 2.53. The van der Waals surface area contributed by atoms with Crippen LogP contribution in [0, 0.1) is 17.3 Å². The Bertz CT molecular complexity index is 342. The molecule has 1 nitrogen and oxygen atoms in total. The molecule has 102 valence electrons. The fourth-order valence-electron chi connectivity index (χ4n) is 3.85. The van der Waals surface area contributed by atoms with Crippen LogP contribution in [0.25, 0.3) is 0 Å². The van der Waals surface area contributed by atoms with Crippen molar-refractivity contribution in [3.8, 4) is 0 Å². The molecule has 0 amide bonds. The van der Waals surface area contributed by atoms with Crippen LogP contribution in [0.1, 0.15) is 52.9 Å². The molecule has 0 aromatic heterocycles. The van der Waals surface area contributed by atoms with E-state index in [1.165, 1.54) is 37.7 Å². The highest BCUT2D eigenvalue weighted by Gasteiger charge is 2.43. The minimum atomic E-state index is 0.370. The molecule has 1 heteroatoms. The lowest BCUT2D eigenvalue weighted by atomic mass is 9.57. The van der Waals surface area contributed by atoms with E-state index in [1.807, 2.05) is 0 Å². The quantitative estimate of drug-likeness (QED) is 0.653. The van der Waals surface area contributed by atoms with Crippen molar-refractivity contribution in [2.75, 3.05) is 13.2 Å². The van der Waals surface area contributed by atoms with Gasteiger partial charge in [0.15, 0.2) is 0 Å². The molecule has 0 bridgehead atoms. The number of fused-ring (bicyclic) bond motifs is 1. The molecule has 3 atom stereocenters. The summed E-state index contributed by atoms with van der Waals surface area (Å²) in [6.07, 6.45) is 8.92. The fourth-order valence-corrected chi connectivity index (χ4v) is 3.85. The van der Waals surface area contributed by atoms with Crippen molar-refractivity contribution < 1.29 is 4.74 Å². The van der Waals surface area contributed by atoms with Crippen molar-refractivity contribution in [1.82, 2.24) is 0 Å². The van der Waals surface area contributed by atoms with Gasteiger partial charge in [-0.05, 0) is 63.2 Å². The Hall–Kier alpha value is -0.560. The lowest BCUT2D eigenvalue weighted by Gasteiger charge is -2.48. The van der Waals surface area contributed by atoms with Crippen LogP contribution < -0.4 is 0 Å². The maximum Gasteiger partial charge on any atom is 0.0502 e. The van der Waals surface area contributed by atoms with Crippen molar-refractivity contribution in [1.29, 1.82) is 0 Å². The van der Waals surface area contributed by atoms with Crippen LogP contribution in [0.15, 0.2) is 23.8 Å². The molecule has 0 aliphatic heterocycles. The summed E-state index contributed by atoms with van der Waals surface area (Å²) in [4.78, 5) is 0. The molecule has 3 unspecified atom stereocenters. The second-order valence-corrected chi connectivity index (χ2v) is 6.37. The number of hydrogen-bond acceptors (Lipinski definition) is 1. The number of hydrogen-bond donors (Lipinski definition) is 0. The van der Waals surface area contributed by atoms with Crippen LogP contribution in [0.5, 0.6) is 0 Å².